The number of hydrogen-bond acceptors (Lipinski definition) is 4. The quantitative estimate of drug-likeness (QED) is 0.814. The summed E-state index contributed by atoms with van der Waals surface area (Å²) >= 11 is 0. The predicted molar refractivity (Wildman–Crippen MR) is 75.7 cm³/mol. The smallest absolute Gasteiger partial charge is 0.349 e. The van der Waals surface area contributed by atoms with E-state index in [2.05, 4.69) is 5.32 Å². The Hall–Kier alpha value is -2.14. The Kier molecular flexibility index (Phi) is 4.53. The third kappa shape index (κ3) is 3.05. The van der Waals surface area contributed by atoms with Gasteiger partial charge >= 0.3 is 5.63 Å². The molecule has 1 unspecified atom stereocenters. The second kappa shape index (κ2) is 6.34. The van der Waals surface area contributed by atoms with Crippen LogP contribution in [0, 0.1) is 0 Å². The molecular weight excluding hydrogens is 258 g/mol. The van der Waals surface area contributed by atoms with Gasteiger partial charge in [0.05, 0.1) is 0 Å². The summed E-state index contributed by atoms with van der Waals surface area (Å²) in [7, 11) is 0. The molecule has 20 heavy (non-hydrogen) atoms. The Morgan fingerprint density at radius 1 is 1.40 bits per heavy atom. The minimum Gasteiger partial charge on any atom is -0.422 e. The van der Waals surface area contributed by atoms with E-state index in [9.17, 15) is 9.59 Å². The minimum atomic E-state index is -0.653. The van der Waals surface area contributed by atoms with Gasteiger partial charge in [0.15, 0.2) is 0 Å². The summed E-state index contributed by atoms with van der Waals surface area (Å²) < 4.78 is 5.12. The molecule has 0 radical (unpaired) electrons. The fourth-order valence-corrected chi connectivity index (χ4v) is 2.02. The van der Waals surface area contributed by atoms with Crippen molar-refractivity contribution in [1.82, 2.24) is 5.32 Å². The Morgan fingerprint density at radius 3 is 2.85 bits per heavy atom. The van der Waals surface area contributed by atoms with Crippen LogP contribution >= 0.6 is 0 Å². The van der Waals surface area contributed by atoms with Crippen LogP contribution < -0.4 is 10.9 Å². The SMILES string of the molecule is CCC(CCO)NC(=O)c1cc2ccccc2oc1=O. The summed E-state index contributed by atoms with van der Waals surface area (Å²) in [6, 6.07) is 8.41. The fraction of sp³-hybridized carbons (Fsp3) is 0.333. The van der Waals surface area contributed by atoms with Crippen LogP contribution in [-0.4, -0.2) is 23.7 Å². The molecule has 1 aromatic carbocycles. The van der Waals surface area contributed by atoms with E-state index in [0.717, 1.165) is 0 Å². The number of aliphatic hydroxyl groups excluding tert-OH is 1. The van der Waals surface area contributed by atoms with Gasteiger partial charge < -0.3 is 14.8 Å². The van der Waals surface area contributed by atoms with Gasteiger partial charge in [-0.2, -0.15) is 0 Å². The number of fused-ring (bicyclic) bond motifs is 1. The lowest BCUT2D eigenvalue weighted by Gasteiger charge is -2.15. The lowest BCUT2D eigenvalue weighted by atomic mass is 10.1. The first-order chi connectivity index (χ1) is 9.65. The molecular formula is C15H17NO4. The Bertz CT molecular complexity index is 662. The summed E-state index contributed by atoms with van der Waals surface area (Å²) in [4.78, 5) is 23.9. The number of nitrogens with one attached hydrogen (secondary N) is 1. The maximum absolute atomic E-state index is 12.1. The van der Waals surface area contributed by atoms with Gasteiger partial charge in [-0.1, -0.05) is 25.1 Å². The molecule has 1 amide bonds. The molecule has 5 nitrogen and oxygen atoms in total. The first-order valence-electron chi connectivity index (χ1n) is 6.60. The van der Waals surface area contributed by atoms with Crippen molar-refractivity contribution in [2.24, 2.45) is 0 Å². The molecule has 0 fully saturated rings. The third-order valence-electron chi connectivity index (χ3n) is 3.19. The molecule has 0 bridgehead atoms. The van der Waals surface area contributed by atoms with E-state index in [1.54, 1.807) is 18.2 Å². The van der Waals surface area contributed by atoms with Crippen molar-refractivity contribution in [2.75, 3.05) is 6.61 Å². The maximum atomic E-state index is 12.1. The van der Waals surface area contributed by atoms with Gasteiger partial charge in [-0.05, 0) is 25.0 Å². The minimum absolute atomic E-state index is 0.00882. The van der Waals surface area contributed by atoms with Crippen molar-refractivity contribution in [3.05, 3.63) is 46.3 Å². The van der Waals surface area contributed by atoms with Gasteiger partial charge in [0.1, 0.15) is 11.1 Å². The highest BCUT2D eigenvalue weighted by Gasteiger charge is 2.16. The number of benzene rings is 1. The van der Waals surface area contributed by atoms with Crippen molar-refractivity contribution in [3.63, 3.8) is 0 Å². The largest absolute Gasteiger partial charge is 0.422 e. The summed E-state index contributed by atoms with van der Waals surface area (Å²) in [6.07, 6.45) is 1.15. The zero-order valence-corrected chi connectivity index (χ0v) is 11.3. The molecule has 0 saturated heterocycles. The van der Waals surface area contributed by atoms with E-state index in [0.29, 0.717) is 23.8 Å². The van der Waals surface area contributed by atoms with Crippen molar-refractivity contribution < 1.29 is 14.3 Å². The first-order valence-corrected chi connectivity index (χ1v) is 6.60. The number of hydrogen-bond donors (Lipinski definition) is 2. The molecule has 2 aromatic rings. The van der Waals surface area contributed by atoms with E-state index >= 15 is 0 Å². The predicted octanol–water partition coefficient (Wildman–Crippen LogP) is 1.68. The molecule has 2 N–H and O–H groups in total. The molecule has 1 atom stereocenters. The molecule has 1 aromatic heterocycles. The molecule has 0 spiro atoms. The van der Waals surface area contributed by atoms with Crippen LogP contribution in [0.5, 0.6) is 0 Å². The van der Waals surface area contributed by atoms with Gasteiger partial charge in [0.25, 0.3) is 5.91 Å². The highest BCUT2D eigenvalue weighted by Crippen LogP contribution is 2.12. The second-order valence-corrected chi connectivity index (χ2v) is 4.58. The van der Waals surface area contributed by atoms with Gasteiger partial charge in [0.2, 0.25) is 0 Å². The van der Waals surface area contributed by atoms with Crippen molar-refractivity contribution in [3.8, 4) is 0 Å². The molecule has 106 valence electrons. The van der Waals surface area contributed by atoms with Crippen LogP contribution in [0.3, 0.4) is 0 Å². The topological polar surface area (TPSA) is 79.5 Å². The lowest BCUT2D eigenvalue weighted by Crippen LogP contribution is -2.37. The fourth-order valence-electron chi connectivity index (χ4n) is 2.02. The Balaban J connectivity index is 2.30. The Labute approximate surface area is 116 Å². The molecule has 2 rings (SSSR count). The first kappa shape index (κ1) is 14.3. The van der Waals surface area contributed by atoms with E-state index in [1.807, 2.05) is 13.0 Å². The standard InChI is InChI=1S/C15H17NO4/c1-2-11(7-8-17)16-14(18)12-9-10-5-3-4-6-13(10)20-15(12)19/h3-6,9,11,17H,2,7-8H2,1H3,(H,16,18). The van der Waals surface area contributed by atoms with Crippen LogP contribution in [0.1, 0.15) is 30.1 Å². The normalized spacial score (nSPS) is 12.3. The number of para-hydroxylation sites is 1. The monoisotopic (exact) mass is 275 g/mol. The van der Waals surface area contributed by atoms with Gasteiger partial charge in [-0.15, -0.1) is 0 Å². The second-order valence-electron chi connectivity index (χ2n) is 4.58. The molecule has 0 aliphatic heterocycles. The highest BCUT2D eigenvalue weighted by molar-refractivity contribution is 5.96. The third-order valence-corrected chi connectivity index (χ3v) is 3.19. The van der Waals surface area contributed by atoms with Crippen LogP contribution in [0.25, 0.3) is 11.0 Å². The molecule has 0 aliphatic rings. The van der Waals surface area contributed by atoms with E-state index in [-0.39, 0.29) is 18.2 Å². The summed E-state index contributed by atoms with van der Waals surface area (Å²) in [5.74, 6) is -0.468. The average molecular weight is 275 g/mol. The molecule has 1 heterocycles. The number of rotatable bonds is 5. The van der Waals surface area contributed by atoms with E-state index < -0.39 is 11.5 Å². The maximum Gasteiger partial charge on any atom is 0.349 e. The van der Waals surface area contributed by atoms with Crippen LogP contribution in [0.15, 0.2) is 39.5 Å². The van der Waals surface area contributed by atoms with Crippen LogP contribution in [0.2, 0.25) is 0 Å². The van der Waals surface area contributed by atoms with Crippen LogP contribution in [0.4, 0.5) is 0 Å². The van der Waals surface area contributed by atoms with E-state index in [4.69, 9.17) is 9.52 Å². The van der Waals surface area contributed by atoms with Crippen molar-refractivity contribution in [2.45, 2.75) is 25.8 Å². The average Bonchev–Trinajstić information content (AvgIpc) is 2.45. The van der Waals surface area contributed by atoms with Crippen molar-refractivity contribution >= 4 is 16.9 Å². The number of carbonyl (C=O) groups excluding carboxylic acids is 1. The molecule has 0 saturated carbocycles. The van der Waals surface area contributed by atoms with Gasteiger partial charge in [-0.3, -0.25) is 4.79 Å². The zero-order valence-electron chi connectivity index (χ0n) is 11.3. The van der Waals surface area contributed by atoms with Crippen molar-refractivity contribution in [1.29, 1.82) is 0 Å². The lowest BCUT2D eigenvalue weighted by molar-refractivity contribution is 0.0925. The van der Waals surface area contributed by atoms with Gasteiger partial charge in [0, 0.05) is 18.0 Å². The van der Waals surface area contributed by atoms with Crippen LogP contribution in [-0.2, 0) is 0 Å². The highest BCUT2D eigenvalue weighted by atomic mass is 16.4. The van der Waals surface area contributed by atoms with Gasteiger partial charge in [-0.25, -0.2) is 4.79 Å². The summed E-state index contributed by atoms with van der Waals surface area (Å²) in [5.41, 5.74) is -0.211. The number of amides is 1. The Morgan fingerprint density at radius 2 is 2.15 bits per heavy atom. The van der Waals surface area contributed by atoms with E-state index in [1.165, 1.54) is 6.07 Å². The molecule has 5 heteroatoms. The number of carbonyl (C=O) groups is 1. The summed E-state index contributed by atoms with van der Waals surface area (Å²) in [5, 5.41) is 12.3. The number of aliphatic hydroxyl groups is 1. The molecule has 0 aliphatic carbocycles. The zero-order chi connectivity index (χ0) is 14.5. The summed E-state index contributed by atoms with van der Waals surface area (Å²) in [6.45, 7) is 1.90.